The van der Waals surface area contributed by atoms with Gasteiger partial charge in [-0.05, 0) is 75.2 Å². The number of amides is 1. The van der Waals surface area contributed by atoms with E-state index >= 15 is 0 Å². The van der Waals surface area contributed by atoms with Gasteiger partial charge in [0, 0.05) is 31.1 Å². The zero-order chi connectivity index (χ0) is 27.8. The van der Waals surface area contributed by atoms with Crippen LogP contribution in [0.2, 0.25) is 0 Å². The Balaban J connectivity index is 1.16. The second-order valence-electron chi connectivity index (χ2n) is 10.8. The average Bonchev–Trinajstić information content (AvgIpc) is 3.28. The van der Waals surface area contributed by atoms with Crippen molar-refractivity contribution in [1.82, 2.24) is 29.0 Å². The SMILES string of the molecule is Cc1nc2ccccc2n1CCC(=O)N[C@H]1CC[C@@H](n2c(=O)c3cc(F)cnc3n(C3CCSCC3)c2=O)CC1. The second kappa shape index (κ2) is 11.2. The lowest BCUT2D eigenvalue weighted by molar-refractivity contribution is -0.122. The summed E-state index contributed by atoms with van der Waals surface area (Å²) >= 11 is 1.85. The highest BCUT2D eigenvalue weighted by Gasteiger charge is 2.29. The van der Waals surface area contributed by atoms with Crippen molar-refractivity contribution in [2.75, 3.05) is 11.5 Å². The minimum absolute atomic E-state index is 0.0164. The summed E-state index contributed by atoms with van der Waals surface area (Å²) in [6, 6.07) is 8.72. The first-order valence-corrected chi connectivity index (χ1v) is 15.2. The number of benzene rings is 1. The highest BCUT2D eigenvalue weighted by atomic mass is 32.2. The molecule has 0 radical (unpaired) electrons. The van der Waals surface area contributed by atoms with Gasteiger partial charge in [-0.15, -0.1) is 0 Å². The number of carbonyl (C=O) groups excluding carboxylic acids is 1. The van der Waals surface area contributed by atoms with Crippen LogP contribution in [0, 0.1) is 12.7 Å². The second-order valence-corrected chi connectivity index (χ2v) is 12.0. The number of thioether (sulfide) groups is 1. The Labute approximate surface area is 234 Å². The van der Waals surface area contributed by atoms with Gasteiger partial charge in [-0.3, -0.25) is 18.7 Å². The number of hydrogen-bond acceptors (Lipinski definition) is 6. The molecule has 1 amide bonds. The number of carbonyl (C=O) groups is 1. The number of fused-ring (bicyclic) bond motifs is 2. The molecular weight excluding hydrogens is 531 g/mol. The summed E-state index contributed by atoms with van der Waals surface area (Å²) in [7, 11) is 0. The fourth-order valence-electron chi connectivity index (χ4n) is 6.27. The van der Waals surface area contributed by atoms with E-state index < -0.39 is 11.4 Å². The number of hydrogen-bond donors (Lipinski definition) is 1. The van der Waals surface area contributed by atoms with Gasteiger partial charge in [0.15, 0.2) is 0 Å². The largest absolute Gasteiger partial charge is 0.353 e. The van der Waals surface area contributed by atoms with E-state index in [4.69, 9.17) is 0 Å². The molecule has 2 aliphatic rings. The van der Waals surface area contributed by atoms with E-state index in [1.807, 2.05) is 43.0 Å². The van der Waals surface area contributed by atoms with Crippen molar-refractivity contribution in [3.8, 4) is 0 Å². The minimum atomic E-state index is -0.592. The molecule has 0 spiro atoms. The van der Waals surface area contributed by atoms with E-state index in [1.165, 1.54) is 10.6 Å². The molecule has 0 bridgehead atoms. The van der Waals surface area contributed by atoms with E-state index in [1.54, 1.807) is 4.57 Å². The Kier molecular flexibility index (Phi) is 7.48. The van der Waals surface area contributed by atoms with Gasteiger partial charge in [-0.25, -0.2) is 19.2 Å². The van der Waals surface area contributed by atoms with Crippen LogP contribution in [0.1, 0.15) is 62.9 Å². The van der Waals surface area contributed by atoms with Gasteiger partial charge in [0.25, 0.3) is 5.56 Å². The molecule has 9 nitrogen and oxygen atoms in total. The van der Waals surface area contributed by atoms with Gasteiger partial charge in [0.1, 0.15) is 17.3 Å². The number of imidazole rings is 1. The highest BCUT2D eigenvalue weighted by Crippen LogP contribution is 2.30. The summed E-state index contributed by atoms with van der Waals surface area (Å²) in [5, 5.41) is 3.29. The van der Waals surface area contributed by atoms with Gasteiger partial charge < -0.3 is 9.88 Å². The van der Waals surface area contributed by atoms with Gasteiger partial charge in [-0.2, -0.15) is 11.8 Å². The molecule has 1 saturated heterocycles. The van der Waals surface area contributed by atoms with Gasteiger partial charge in [-0.1, -0.05) is 12.1 Å². The predicted molar refractivity (Wildman–Crippen MR) is 154 cm³/mol. The number of pyridine rings is 1. The van der Waals surface area contributed by atoms with E-state index in [2.05, 4.69) is 19.9 Å². The summed E-state index contributed by atoms with van der Waals surface area (Å²) in [5.41, 5.74) is 1.36. The Morgan fingerprint density at radius 2 is 1.77 bits per heavy atom. The van der Waals surface area contributed by atoms with Gasteiger partial charge >= 0.3 is 5.69 Å². The summed E-state index contributed by atoms with van der Waals surface area (Å²) in [4.78, 5) is 48.8. The zero-order valence-corrected chi connectivity index (χ0v) is 23.3. The average molecular weight is 565 g/mol. The zero-order valence-electron chi connectivity index (χ0n) is 22.5. The predicted octanol–water partition coefficient (Wildman–Crippen LogP) is 4.11. The number of nitrogens with one attached hydrogen (secondary N) is 1. The first-order chi connectivity index (χ1) is 19.4. The van der Waals surface area contributed by atoms with Crippen LogP contribution < -0.4 is 16.6 Å². The van der Waals surface area contributed by atoms with Crippen molar-refractivity contribution in [3.05, 3.63) is 69.0 Å². The molecule has 4 aromatic rings. The summed E-state index contributed by atoms with van der Waals surface area (Å²) in [6.07, 6.45) is 5.52. The lowest BCUT2D eigenvalue weighted by atomic mass is 9.90. The molecule has 0 atom stereocenters. The molecule has 1 aliphatic heterocycles. The normalized spacial score (nSPS) is 20.2. The molecule has 2 fully saturated rings. The molecule has 1 saturated carbocycles. The van der Waals surface area contributed by atoms with Crippen LogP contribution in [0.3, 0.4) is 0 Å². The topological polar surface area (TPSA) is 104 Å². The molecule has 1 aromatic carbocycles. The van der Waals surface area contributed by atoms with E-state index in [0.717, 1.165) is 47.4 Å². The third-order valence-corrected chi connectivity index (χ3v) is 9.36. The number of aryl methyl sites for hydroxylation is 2. The van der Waals surface area contributed by atoms with Gasteiger partial charge in [0.05, 0.1) is 22.6 Å². The molecule has 1 aliphatic carbocycles. The van der Waals surface area contributed by atoms with Crippen molar-refractivity contribution in [2.24, 2.45) is 0 Å². The maximum atomic E-state index is 14.1. The van der Waals surface area contributed by atoms with Crippen molar-refractivity contribution in [2.45, 2.75) is 76.5 Å². The lowest BCUT2D eigenvalue weighted by Crippen LogP contribution is -2.46. The van der Waals surface area contributed by atoms with Crippen molar-refractivity contribution in [1.29, 1.82) is 0 Å². The molecule has 0 unspecified atom stereocenters. The maximum Gasteiger partial charge on any atom is 0.333 e. The van der Waals surface area contributed by atoms with Crippen molar-refractivity contribution >= 4 is 39.7 Å². The smallest absolute Gasteiger partial charge is 0.333 e. The molecule has 6 rings (SSSR count). The number of aromatic nitrogens is 5. The molecule has 4 heterocycles. The molecule has 3 aromatic heterocycles. The molecule has 210 valence electrons. The van der Waals surface area contributed by atoms with Crippen LogP contribution in [0.15, 0.2) is 46.1 Å². The Hall–Kier alpha value is -3.47. The fraction of sp³-hybridized carbons (Fsp3) is 0.483. The minimum Gasteiger partial charge on any atom is -0.353 e. The summed E-state index contributed by atoms with van der Waals surface area (Å²) in [5.74, 6) is 2.12. The standard InChI is InChI=1S/C29H33FN6O3S/c1-18-32-24-4-2-3-5-25(24)34(18)13-10-26(37)33-20-6-8-21(9-7-20)36-28(38)23-16-19(30)17-31-27(23)35(29(36)39)22-11-14-40-15-12-22/h2-5,16-17,20-22H,6-15H2,1H3,(H,33,37)/t20-,21+. The van der Waals surface area contributed by atoms with Crippen LogP contribution in [0.4, 0.5) is 4.39 Å². The van der Waals surface area contributed by atoms with E-state index in [-0.39, 0.29) is 40.8 Å². The van der Waals surface area contributed by atoms with Crippen LogP contribution in [-0.4, -0.2) is 47.1 Å². The van der Waals surface area contributed by atoms with Crippen LogP contribution in [0.25, 0.3) is 22.1 Å². The molecule has 11 heteroatoms. The van der Waals surface area contributed by atoms with Crippen molar-refractivity contribution < 1.29 is 9.18 Å². The van der Waals surface area contributed by atoms with E-state index in [9.17, 15) is 18.8 Å². The van der Waals surface area contributed by atoms with E-state index in [0.29, 0.717) is 38.6 Å². The number of rotatable bonds is 6. The third kappa shape index (κ3) is 5.07. The maximum absolute atomic E-state index is 14.1. The van der Waals surface area contributed by atoms with Crippen LogP contribution >= 0.6 is 11.8 Å². The first-order valence-electron chi connectivity index (χ1n) is 14.0. The monoisotopic (exact) mass is 564 g/mol. The number of nitrogens with zero attached hydrogens (tertiary/aromatic N) is 5. The highest BCUT2D eigenvalue weighted by molar-refractivity contribution is 7.99. The molecular formula is C29H33FN6O3S. The Morgan fingerprint density at radius 1 is 1.05 bits per heavy atom. The molecule has 40 heavy (non-hydrogen) atoms. The fourth-order valence-corrected chi connectivity index (χ4v) is 7.35. The molecule has 1 N–H and O–H groups in total. The lowest BCUT2D eigenvalue weighted by Gasteiger charge is -2.31. The quantitative estimate of drug-likeness (QED) is 0.378. The third-order valence-electron chi connectivity index (χ3n) is 8.31. The van der Waals surface area contributed by atoms with Crippen LogP contribution in [-0.2, 0) is 11.3 Å². The Morgan fingerprint density at radius 3 is 2.55 bits per heavy atom. The Bertz CT molecular complexity index is 1680. The first kappa shape index (κ1) is 26.7. The summed E-state index contributed by atoms with van der Waals surface area (Å²) < 4.78 is 19.2. The van der Waals surface area contributed by atoms with Crippen molar-refractivity contribution in [3.63, 3.8) is 0 Å². The number of para-hydroxylation sites is 2. The van der Waals surface area contributed by atoms with Gasteiger partial charge in [0.2, 0.25) is 5.91 Å². The summed E-state index contributed by atoms with van der Waals surface area (Å²) in [6.45, 7) is 2.49. The van der Waals surface area contributed by atoms with Crippen LogP contribution in [0.5, 0.6) is 0 Å². The number of halogens is 1.